The van der Waals surface area contributed by atoms with Crippen LogP contribution in [0, 0.1) is 12.0 Å². The summed E-state index contributed by atoms with van der Waals surface area (Å²) in [6, 6.07) is 4.10. The van der Waals surface area contributed by atoms with Crippen LogP contribution in [0.2, 0.25) is 5.02 Å². The molecule has 1 aromatic heterocycles. The van der Waals surface area contributed by atoms with Crippen LogP contribution in [0.15, 0.2) is 30.4 Å². The van der Waals surface area contributed by atoms with Crippen molar-refractivity contribution >= 4 is 29.0 Å². The zero-order valence-corrected chi connectivity index (χ0v) is 28.2. The van der Waals surface area contributed by atoms with Gasteiger partial charge in [0.15, 0.2) is 0 Å². The fraction of sp³-hybridized carbons (Fsp3) is 0.588. The van der Waals surface area contributed by atoms with E-state index in [0.717, 1.165) is 51.1 Å². The molecule has 258 valence electrons. The molecule has 3 aliphatic heterocycles. The molecule has 1 aliphatic carbocycles. The predicted octanol–water partition coefficient (Wildman–Crippen LogP) is 4.63. The summed E-state index contributed by atoms with van der Waals surface area (Å²) >= 11 is 6.09. The maximum absolute atomic E-state index is 14.2. The number of carbonyl (C=O) groups excluding carboxylic acids is 1. The van der Waals surface area contributed by atoms with Gasteiger partial charge in [-0.3, -0.25) is 4.79 Å². The van der Waals surface area contributed by atoms with Gasteiger partial charge >= 0.3 is 12.2 Å². The SMILES string of the molecule is [C-]#[N+]CC1CN(c2nc(OCC3(CN4CCN(C)CC4)CC3)nc3c2CCN(c2cccc(Cl)c2C(F)(F)F)C3)CCN1C(=O)/C=C/C. The lowest BCUT2D eigenvalue weighted by Crippen LogP contribution is -2.56. The van der Waals surface area contributed by atoms with E-state index in [4.69, 9.17) is 32.9 Å². The third-order valence-corrected chi connectivity index (χ3v) is 10.2. The minimum Gasteiger partial charge on any atom is -0.463 e. The first kappa shape index (κ1) is 34.3. The average Bonchev–Trinajstić information content (AvgIpc) is 3.83. The van der Waals surface area contributed by atoms with E-state index in [-0.39, 0.29) is 47.2 Å². The number of hydrogen-bond acceptors (Lipinski definition) is 8. The van der Waals surface area contributed by atoms with Crippen molar-refractivity contribution in [2.45, 2.75) is 44.9 Å². The molecule has 4 heterocycles. The number of ether oxygens (including phenoxy) is 1. The van der Waals surface area contributed by atoms with Crippen LogP contribution in [0.4, 0.5) is 24.7 Å². The maximum Gasteiger partial charge on any atom is 0.419 e. The monoisotopic (exact) mass is 686 g/mol. The second-order valence-electron chi connectivity index (χ2n) is 13.4. The van der Waals surface area contributed by atoms with E-state index in [0.29, 0.717) is 50.7 Å². The van der Waals surface area contributed by atoms with Crippen LogP contribution in [-0.2, 0) is 23.9 Å². The number of amides is 1. The van der Waals surface area contributed by atoms with Crippen molar-refractivity contribution in [3.8, 4) is 6.01 Å². The van der Waals surface area contributed by atoms with E-state index in [1.165, 1.54) is 24.3 Å². The zero-order valence-electron chi connectivity index (χ0n) is 27.5. The highest BCUT2D eigenvalue weighted by Gasteiger charge is 2.45. The van der Waals surface area contributed by atoms with Gasteiger partial charge in [-0.15, -0.1) is 0 Å². The first-order valence-electron chi connectivity index (χ1n) is 16.6. The molecular formula is C34H42ClF3N8O2. The van der Waals surface area contributed by atoms with Gasteiger partial charge in [0.1, 0.15) is 11.9 Å². The Bertz CT molecular complexity index is 1570. The van der Waals surface area contributed by atoms with Gasteiger partial charge in [-0.25, -0.2) is 6.57 Å². The lowest BCUT2D eigenvalue weighted by molar-refractivity contribution is -0.137. The van der Waals surface area contributed by atoms with Crippen LogP contribution in [0.3, 0.4) is 0 Å². The standard InChI is InChI=1S/C34H42ClF3N8O2/c1-4-6-29(47)46-18-17-45(20-24(46)19-39-2)31-25-9-12-44(28-8-5-7-26(35)30(28)34(36,37)38)21-27(25)40-32(41-31)48-23-33(10-11-33)22-43-15-13-42(3)14-16-43/h4-8,24H,9-23H2,1,3H3/b6-4+. The van der Waals surface area contributed by atoms with Crippen LogP contribution in [0.1, 0.15) is 36.6 Å². The van der Waals surface area contributed by atoms with Crippen molar-refractivity contribution in [1.29, 1.82) is 0 Å². The second kappa shape index (κ2) is 14.1. The summed E-state index contributed by atoms with van der Waals surface area (Å²) in [6.07, 6.45) is 1.11. The number of anilines is 2. The van der Waals surface area contributed by atoms with Crippen molar-refractivity contribution in [3.63, 3.8) is 0 Å². The minimum absolute atomic E-state index is 0.0145. The van der Waals surface area contributed by atoms with Crippen molar-refractivity contribution in [2.24, 2.45) is 5.41 Å². The van der Waals surface area contributed by atoms with Gasteiger partial charge in [0, 0.05) is 69.9 Å². The summed E-state index contributed by atoms with van der Waals surface area (Å²) in [5.41, 5.74) is 0.642. The Hall–Kier alpha value is -3.60. The highest BCUT2D eigenvalue weighted by Crippen LogP contribution is 2.47. The van der Waals surface area contributed by atoms with E-state index < -0.39 is 11.7 Å². The van der Waals surface area contributed by atoms with Crippen LogP contribution >= 0.6 is 11.6 Å². The van der Waals surface area contributed by atoms with Crippen LogP contribution in [0.5, 0.6) is 6.01 Å². The van der Waals surface area contributed by atoms with Gasteiger partial charge in [-0.2, -0.15) is 23.1 Å². The fourth-order valence-corrected chi connectivity index (χ4v) is 7.31. The molecule has 2 aromatic rings. The van der Waals surface area contributed by atoms with E-state index in [2.05, 4.69) is 26.6 Å². The summed E-state index contributed by atoms with van der Waals surface area (Å²) in [4.78, 5) is 36.5. The number of nitrogens with zero attached hydrogens (tertiary/aromatic N) is 8. The number of allylic oxidation sites excluding steroid dienone is 1. The van der Waals surface area contributed by atoms with Gasteiger partial charge in [-0.05, 0) is 51.4 Å². The number of likely N-dealkylation sites (N-methyl/N-ethyl adjacent to an activating group) is 1. The van der Waals surface area contributed by atoms with Crippen molar-refractivity contribution in [2.75, 3.05) is 88.9 Å². The number of piperazine rings is 2. The van der Waals surface area contributed by atoms with Crippen molar-refractivity contribution in [1.82, 2.24) is 24.7 Å². The number of aromatic nitrogens is 2. The van der Waals surface area contributed by atoms with Crippen LogP contribution < -0.4 is 14.5 Å². The molecule has 0 spiro atoms. The van der Waals surface area contributed by atoms with Crippen LogP contribution in [-0.4, -0.2) is 116 Å². The topological polar surface area (TPSA) is 72.6 Å². The van der Waals surface area contributed by atoms with Gasteiger partial charge in [0.25, 0.3) is 0 Å². The summed E-state index contributed by atoms with van der Waals surface area (Å²) in [5, 5.41) is -0.343. The molecule has 48 heavy (non-hydrogen) atoms. The molecule has 10 nitrogen and oxygen atoms in total. The first-order valence-corrected chi connectivity index (χ1v) is 16.9. The van der Waals surface area contributed by atoms with E-state index in [1.54, 1.807) is 22.8 Å². The quantitative estimate of drug-likeness (QED) is 0.280. The number of halogens is 4. The molecule has 0 bridgehead atoms. The number of hydrogen-bond donors (Lipinski definition) is 0. The average molecular weight is 687 g/mol. The highest BCUT2D eigenvalue weighted by atomic mass is 35.5. The number of alkyl halides is 3. The van der Waals surface area contributed by atoms with Gasteiger partial charge in [-0.1, -0.05) is 23.7 Å². The number of fused-ring (bicyclic) bond motifs is 1. The molecule has 0 N–H and O–H groups in total. The van der Waals surface area contributed by atoms with Crippen molar-refractivity contribution in [3.05, 3.63) is 63.6 Å². The number of carbonyl (C=O) groups is 1. The normalized spacial score (nSPS) is 21.7. The predicted molar refractivity (Wildman–Crippen MR) is 178 cm³/mol. The molecule has 1 saturated carbocycles. The largest absolute Gasteiger partial charge is 0.463 e. The summed E-state index contributed by atoms with van der Waals surface area (Å²) < 4.78 is 48.8. The lowest BCUT2D eigenvalue weighted by Gasteiger charge is -2.41. The van der Waals surface area contributed by atoms with Gasteiger partial charge in [0.05, 0.1) is 35.1 Å². The Morgan fingerprint density at radius 1 is 1.12 bits per heavy atom. The summed E-state index contributed by atoms with van der Waals surface area (Å²) in [6.45, 7) is 16.7. The Morgan fingerprint density at radius 3 is 2.58 bits per heavy atom. The molecule has 1 aromatic carbocycles. The highest BCUT2D eigenvalue weighted by molar-refractivity contribution is 6.31. The van der Waals surface area contributed by atoms with Gasteiger partial charge < -0.3 is 34.1 Å². The minimum atomic E-state index is -4.62. The number of benzene rings is 1. The molecule has 1 unspecified atom stereocenters. The fourth-order valence-electron chi connectivity index (χ4n) is 7.04. The lowest BCUT2D eigenvalue weighted by atomic mass is 10.0. The first-order chi connectivity index (χ1) is 23.0. The molecule has 1 atom stereocenters. The molecule has 6 rings (SSSR count). The van der Waals surface area contributed by atoms with Crippen LogP contribution in [0.25, 0.3) is 4.85 Å². The van der Waals surface area contributed by atoms with Crippen molar-refractivity contribution < 1.29 is 22.7 Å². The smallest absolute Gasteiger partial charge is 0.419 e. The molecule has 2 saturated heterocycles. The Labute approximate surface area is 284 Å². The molecule has 3 fully saturated rings. The number of rotatable bonds is 9. The maximum atomic E-state index is 14.2. The van der Waals surface area contributed by atoms with Gasteiger partial charge in [0.2, 0.25) is 12.5 Å². The van der Waals surface area contributed by atoms with E-state index >= 15 is 0 Å². The molecular weight excluding hydrogens is 645 g/mol. The van der Waals surface area contributed by atoms with E-state index in [9.17, 15) is 18.0 Å². The summed E-state index contributed by atoms with van der Waals surface area (Å²) in [7, 11) is 2.14. The third kappa shape index (κ3) is 7.51. The zero-order chi connectivity index (χ0) is 34.1. The summed E-state index contributed by atoms with van der Waals surface area (Å²) in [5.74, 6) is 0.529. The third-order valence-electron chi connectivity index (χ3n) is 9.93. The van der Waals surface area contributed by atoms with E-state index in [1.807, 2.05) is 0 Å². The Morgan fingerprint density at radius 2 is 1.90 bits per heavy atom. The Balaban J connectivity index is 1.29. The molecule has 1 amide bonds. The Kier molecular flexibility index (Phi) is 10.1. The second-order valence-corrected chi connectivity index (χ2v) is 13.8. The molecule has 0 radical (unpaired) electrons. The molecule has 4 aliphatic rings. The molecule has 14 heteroatoms.